The summed E-state index contributed by atoms with van der Waals surface area (Å²) in [6.07, 6.45) is 1.79. The molecule has 1 aromatic carbocycles. The molecule has 3 heteroatoms. The van der Waals surface area contributed by atoms with Gasteiger partial charge in [0.15, 0.2) is 0 Å². The van der Waals surface area contributed by atoms with E-state index in [-0.39, 0.29) is 18.0 Å². The van der Waals surface area contributed by atoms with E-state index in [1.807, 2.05) is 25.1 Å². The van der Waals surface area contributed by atoms with Crippen LogP contribution in [0.2, 0.25) is 0 Å². The van der Waals surface area contributed by atoms with Crippen LogP contribution in [0.1, 0.15) is 55.1 Å². The van der Waals surface area contributed by atoms with Gasteiger partial charge in [0.25, 0.3) is 5.91 Å². The van der Waals surface area contributed by atoms with Crippen LogP contribution in [0.3, 0.4) is 0 Å². The van der Waals surface area contributed by atoms with Gasteiger partial charge in [0.1, 0.15) is 0 Å². The van der Waals surface area contributed by atoms with Crippen LogP contribution in [-0.4, -0.2) is 18.0 Å². The smallest absolute Gasteiger partial charge is 0.252 e. The van der Waals surface area contributed by atoms with Crippen molar-refractivity contribution in [3.05, 3.63) is 34.9 Å². The normalized spacial score (nSPS) is 10.7. The van der Waals surface area contributed by atoms with E-state index in [1.54, 1.807) is 0 Å². The molecule has 3 nitrogen and oxygen atoms in total. The highest BCUT2D eigenvalue weighted by Gasteiger charge is 2.23. The molecule has 0 spiro atoms. The second kappa shape index (κ2) is 7.12. The standard InChI is InChI=1S/C17H24N2O/c1-5-17(4,6-2)19-16(20)15-12-13(3)9-10-14(15)8-7-11-18/h9-10,12H,5-6,11,18H2,1-4H3,(H,19,20). The number of nitrogens with two attached hydrogens (primary N) is 1. The van der Waals surface area contributed by atoms with Gasteiger partial charge in [-0.2, -0.15) is 0 Å². The Kier molecular flexibility index (Phi) is 5.79. The van der Waals surface area contributed by atoms with Crippen molar-refractivity contribution in [2.45, 2.75) is 46.1 Å². The average molecular weight is 272 g/mol. The van der Waals surface area contributed by atoms with Crippen LogP contribution < -0.4 is 11.1 Å². The lowest BCUT2D eigenvalue weighted by Gasteiger charge is -2.28. The Labute approximate surface area is 121 Å². The number of hydrogen-bond acceptors (Lipinski definition) is 2. The van der Waals surface area contributed by atoms with Crippen molar-refractivity contribution in [3.63, 3.8) is 0 Å². The quantitative estimate of drug-likeness (QED) is 0.828. The number of amides is 1. The van der Waals surface area contributed by atoms with Gasteiger partial charge >= 0.3 is 0 Å². The van der Waals surface area contributed by atoms with Gasteiger partial charge in [-0.1, -0.05) is 37.3 Å². The monoisotopic (exact) mass is 272 g/mol. The van der Waals surface area contributed by atoms with Gasteiger partial charge in [0.2, 0.25) is 0 Å². The number of carbonyl (C=O) groups is 1. The van der Waals surface area contributed by atoms with E-state index >= 15 is 0 Å². The molecule has 1 aromatic rings. The van der Waals surface area contributed by atoms with Crippen LogP contribution >= 0.6 is 0 Å². The third kappa shape index (κ3) is 4.11. The molecule has 1 rings (SSSR count). The lowest BCUT2D eigenvalue weighted by molar-refractivity contribution is 0.0900. The Hall–Kier alpha value is -1.79. The van der Waals surface area contributed by atoms with Gasteiger partial charge in [-0.05, 0) is 38.8 Å². The molecule has 0 aromatic heterocycles. The maximum Gasteiger partial charge on any atom is 0.252 e. The fraction of sp³-hybridized carbons (Fsp3) is 0.471. The molecule has 0 aliphatic carbocycles. The summed E-state index contributed by atoms with van der Waals surface area (Å²) in [6.45, 7) is 8.47. The third-order valence-electron chi connectivity index (χ3n) is 3.72. The molecule has 0 saturated heterocycles. The number of benzene rings is 1. The Bertz CT molecular complexity index is 534. The summed E-state index contributed by atoms with van der Waals surface area (Å²) in [5.41, 5.74) is 7.62. The number of hydrogen-bond donors (Lipinski definition) is 2. The van der Waals surface area contributed by atoms with Gasteiger partial charge in [0, 0.05) is 11.1 Å². The zero-order valence-corrected chi connectivity index (χ0v) is 12.8. The predicted octanol–water partition coefficient (Wildman–Crippen LogP) is 2.61. The van der Waals surface area contributed by atoms with Crippen molar-refractivity contribution in [3.8, 4) is 11.8 Å². The Balaban J connectivity index is 3.11. The molecule has 0 bridgehead atoms. The minimum atomic E-state index is -0.181. The fourth-order valence-corrected chi connectivity index (χ4v) is 1.87. The lowest BCUT2D eigenvalue weighted by Crippen LogP contribution is -2.45. The highest BCUT2D eigenvalue weighted by atomic mass is 16.1. The minimum absolute atomic E-state index is 0.0683. The van der Waals surface area contributed by atoms with Crippen molar-refractivity contribution < 1.29 is 4.79 Å². The first-order valence-electron chi connectivity index (χ1n) is 7.08. The molecule has 0 unspecified atom stereocenters. The van der Waals surface area contributed by atoms with E-state index < -0.39 is 0 Å². The molecular formula is C17H24N2O. The predicted molar refractivity (Wildman–Crippen MR) is 83.6 cm³/mol. The second-order valence-corrected chi connectivity index (χ2v) is 5.28. The van der Waals surface area contributed by atoms with Crippen LogP contribution in [-0.2, 0) is 0 Å². The summed E-state index contributed by atoms with van der Waals surface area (Å²) in [6, 6.07) is 5.71. The maximum absolute atomic E-state index is 12.5. The van der Waals surface area contributed by atoms with Crippen LogP contribution in [0.25, 0.3) is 0 Å². The first kappa shape index (κ1) is 16.3. The summed E-state index contributed by atoms with van der Waals surface area (Å²) in [4.78, 5) is 12.5. The summed E-state index contributed by atoms with van der Waals surface area (Å²) in [5, 5.41) is 3.12. The second-order valence-electron chi connectivity index (χ2n) is 5.28. The Morgan fingerprint density at radius 1 is 1.35 bits per heavy atom. The first-order valence-corrected chi connectivity index (χ1v) is 7.08. The van der Waals surface area contributed by atoms with Gasteiger partial charge in [-0.15, -0.1) is 0 Å². The van der Waals surface area contributed by atoms with E-state index in [0.717, 1.165) is 24.0 Å². The van der Waals surface area contributed by atoms with Crippen molar-refractivity contribution in [1.29, 1.82) is 0 Å². The van der Waals surface area contributed by atoms with E-state index in [1.165, 1.54) is 0 Å². The van der Waals surface area contributed by atoms with Gasteiger partial charge < -0.3 is 11.1 Å². The zero-order valence-electron chi connectivity index (χ0n) is 12.8. The topological polar surface area (TPSA) is 55.1 Å². The minimum Gasteiger partial charge on any atom is -0.347 e. The summed E-state index contributed by atoms with van der Waals surface area (Å²) in [7, 11) is 0. The molecule has 20 heavy (non-hydrogen) atoms. The molecule has 0 heterocycles. The number of aryl methyl sites for hydroxylation is 1. The highest BCUT2D eigenvalue weighted by Crippen LogP contribution is 2.17. The summed E-state index contributed by atoms with van der Waals surface area (Å²) in [5.74, 6) is 5.71. The summed E-state index contributed by atoms with van der Waals surface area (Å²) < 4.78 is 0. The molecule has 0 aliphatic rings. The molecule has 0 saturated carbocycles. The van der Waals surface area contributed by atoms with Crippen molar-refractivity contribution in [2.75, 3.05) is 6.54 Å². The summed E-state index contributed by atoms with van der Waals surface area (Å²) >= 11 is 0. The van der Waals surface area contributed by atoms with Crippen LogP contribution in [0.15, 0.2) is 18.2 Å². The number of rotatable bonds is 4. The molecule has 0 fully saturated rings. The molecule has 1 amide bonds. The van der Waals surface area contributed by atoms with Crippen molar-refractivity contribution in [2.24, 2.45) is 5.73 Å². The largest absolute Gasteiger partial charge is 0.347 e. The van der Waals surface area contributed by atoms with E-state index in [2.05, 4.69) is 37.9 Å². The highest BCUT2D eigenvalue weighted by molar-refractivity contribution is 5.97. The Morgan fingerprint density at radius 2 is 2.00 bits per heavy atom. The SMILES string of the molecule is CCC(C)(CC)NC(=O)c1cc(C)ccc1C#CCN. The van der Waals surface area contributed by atoms with Crippen LogP contribution in [0, 0.1) is 18.8 Å². The van der Waals surface area contributed by atoms with Gasteiger partial charge in [0.05, 0.1) is 12.1 Å². The van der Waals surface area contributed by atoms with Gasteiger partial charge in [-0.3, -0.25) is 4.79 Å². The third-order valence-corrected chi connectivity index (χ3v) is 3.72. The van der Waals surface area contributed by atoms with E-state index in [9.17, 15) is 4.79 Å². The van der Waals surface area contributed by atoms with Gasteiger partial charge in [-0.25, -0.2) is 0 Å². The molecule has 3 N–H and O–H groups in total. The van der Waals surface area contributed by atoms with E-state index in [4.69, 9.17) is 5.73 Å². The van der Waals surface area contributed by atoms with Crippen LogP contribution in [0.4, 0.5) is 0 Å². The zero-order chi connectivity index (χ0) is 15.2. The van der Waals surface area contributed by atoms with Crippen molar-refractivity contribution >= 4 is 5.91 Å². The molecule has 108 valence electrons. The Morgan fingerprint density at radius 3 is 2.55 bits per heavy atom. The van der Waals surface area contributed by atoms with Crippen LogP contribution in [0.5, 0.6) is 0 Å². The molecule has 0 atom stereocenters. The number of nitrogens with one attached hydrogen (secondary N) is 1. The van der Waals surface area contributed by atoms with E-state index in [0.29, 0.717) is 5.56 Å². The maximum atomic E-state index is 12.5. The lowest BCUT2D eigenvalue weighted by atomic mass is 9.94. The fourth-order valence-electron chi connectivity index (χ4n) is 1.87. The molecule has 0 aliphatic heterocycles. The first-order chi connectivity index (χ1) is 9.45. The number of carbonyl (C=O) groups excluding carboxylic acids is 1. The van der Waals surface area contributed by atoms with Crippen molar-refractivity contribution in [1.82, 2.24) is 5.32 Å². The average Bonchev–Trinajstić information content (AvgIpc) is 2.45. The molecular weight excluding hydrogens is 248 g/mol. The molecule has 0 radical (unpaired) electrons.